The number of nitroso groups, excluding NO2 is 1. The van der Waals surface area contributed by atoms with Crippen LogP contribution in [0.25, 0.3) is 0 Å². The van der Waals surface area contributed by atoms with Gasteiger partial charge in [0, 0.05) is 12.4 Å². The van der Waals surface area contributed by atoms with Gasteiger partial charge in [-0.1, -0.05) is 12.1 Å². The maximum Gasteiger partial charge on any atom is 0.374 e. The monoisotopic (exact) mass is 250 g/mol. The van der Waals surface area contributed by atoms with Crippen molar-refractivity contribution in [1.29, 1.82) is 0 Å². The second kappa shape index (κ2) is 6.58. The van der Waals surface area contributed by atoms with Crippen molar-refractivity contribution in [3.63, 3.8) is 0 Å². The molecule has 6 nitrogen and oxygen atoms in total. The molecule has 0 spiro atoms. The fourth-order valence-electron chi connectivity index (χ4n) is 1.53. The van der Waals surface area contributed by atoms with Crippen LogP contribution in [0.2, 0.25) is 0 Å². The highest BCUT2D eigenvalue weighted by atomic mass is 16.5. The molecule has 0 aliphatic heterocycles. The zero-order valence-electron chi connectivity index (χ0n) is 10.2. The lowest BCUT2D eigenvalue weighted by Gasteiger charge is -2.15. The van der Waals surface area contributed by atoms with Crippen molar-refractivity contribution < 1.29 is 14.3 Å². The third-order valence-electron chi connectivity index (χ3n) is 2.52. The summed E-state index contributed by atoms with van der Waals surface area (Å²) in [6.45, 7) is 3.20. The lowest BCUT2D eigenvalue weighted by Crippen LogP contribution is -2.27. The number of Topliss-reactive ketones (excluding diaryl/α,β-unsaturated/α-hetero) is 1. The summed E-state index contributed by atoms with van der Waals surface area (Å²) < 4.78 is 4.61. The molecule has 0 radical (unpaired) electrons. The van der Waals surface area contributed by atoms with Gasteiger partial charge in [0.25, 0.3) is 0 Å². The summed E-state index contributed by atoms with van der Waals surface area (Å²) in [5.74, 6) is -2.55. The summed E-state index contributed by atoms with van der Waals surface area (Å²) in [4.78, 5) is 37.7. The minimum atomic E-state index is -0.937. The van der Waals surface area contributed by atoms with Gasteiger partial charge in [-0.2, -0.15) is 4.91 Å². The molecule has 0 amide bonds. The molecule has 0 N–H and O–H groups in total. The number of ketones is 1. The van der Waals surface area contributed by atoms with Gasteiger partial charge in [-0.3, -0.25) is 9.78 Å². The zero-order chi connectivity index (χ0) is 13.5. The molecule has 0 aliphatic rings. The number of nitrogens with zero attached hydrogens (tertiary/aromatic N) is 2. The van der Waals surface area contributed by atoms with Crippen molar-refractivity contribution in [2.45, 2.75) is 19.9 Å². The van der Waals surface area contributed by atoms with E-state index in [1.807, 2.05) is 0 Å². The minimum Gasteiger partial charge on any atom is -0.460 e. The second-order valence-electron chi connectivity index (χ2n) is 3.70. The molecule has 1 aromatic rings. The Morgan fingerprint density at radius 3 is 2.50 bits per heavy atom. The molecule has 0 saturated carbocycles. The zero-order valence-corrected chi connectivity index (χ0v) is 10.2. The molecular formula is C12H14N2O4. The van der Waals surface area contributed by atoms with Crippen molar-refractivity contribution >= 4 is 11.8 Å². The van der Waals surface area contributed by atoms with E-state index >= 15 is 0 Å². The Kier molecular flexibility index (Phi) is 5.10. The van der Waals surface area contributed by atoms with Gasteiger partial charge in [-0.15, -0.1) is 0 Å². The highest BCUT2D eigenvalue weighted by Crippen LogP contribution is 2.26. The molecule has 2 atom stereocenters. The number of ether oxygens (including phenoxy) is 1. The summed E-state index contributed by atoms with van der Waals surface area (Å²) in [6, 6.07) is 2.26. The summed E-state index contributed by atoms with van der Waals surface area (Å²) in [7, 11) is 0. The standard InChI is InChI=1S/C12H14N2O4/c1-3-18-12(16)11(15)8(2)10(14-17)9-4-6-13-7-5-9/h4-8,10H,3H2,1-2H3. The van der Waals surface area contributed by atoms with E-state index in [0.717, 1.165) is 0 Å². The Labute approximate surface area is 104 Å². The average Bonchev–Trinajstić information content (AvgIpc) is 2.40. The first-order valence-corrected chi connectivity index (χ1v) is 5.55. The predicted octanol–water partition coefficient (Wildman–Crippen LogP) is 1.66. The Bertz CT molecular complexity index is 433. The lowest BCUT2D eigenvalue weighted by molar-refractivity contribution is -0.155. The maximum atomic E-state index is 11.7. The van der Waals surface area contributed by atoms with Crippen LogP contribution in [0.4, 0.5) is 0 Å². The van der Waals surface area contributed by atoms with E-state index in [1.165, 1.54) is 19.3 Å². The summed E-state index contributed by atoms with van der Waals surface area (Å²) >= 11 is 0. The first kappa shape index (κ1) is 14.0. The number of rotatable bonds is 6. The SMILES string of the molecule is CCOC(=O)C(=O)C(C)C(N=O)c1ccncc1. The average molecular weight is 250 g/mol. The van der Waals surface area contributed by atoms with E-state index in [2.05, 4.69) is 14.9 Å². The van der Waals surface area contributed by atoms with Crippen LogP contribution in [0.3, 0.4) is 0 Å². The van der Waals surface area contributed by atoms with Gasteiger partial charge in [0.1, 0.15) is 6.04 Å². The number of aromatic nitrogens is 1. The van der Waals surface area contributed by atoms with Crippen molar-refractivity contribution in [3.8, 4) is 0 Å². The number of hydrogen-bond acceptors (Lipinski definition) is 6. The highest BCUT2D eigenvalue weighted by Gasteiger charge is 2.31. The van der Waals surface area contributed by atoms with Crippen LogP contribution in [0.5, 0.6) is 0 Å². The van der Waals surface area contributed by atoms with Crippen molar-refractivity contribution in [3.05, 3.63) is 35.0 Å². The van der Waals surface area contributed by atoms with Crippen LogP contribution < -0.4 is 0 Å². The Balaban J connectivity index is 2.86. The van der Waals surface area contributed by atoms with Gasteiger partial charge < -0.3 is 4.74 Å². The molecule has 0 aliphatic carbocycles. The van der Waals surface area contributed by atoms with Gasteiger partial charge in [0.2, 0.25) is 5.78 Å². The fraction of sp³-hybridized carbons (Fsp3) is 0.417. The molecule has 2 unspecified atom stereocenters. The van der Waals surface area contributed by atoms with E-state index in [4.69, 9.17) is 0 Å². The van der Waals surface area contributed by atoms with E-state index in [1.54, 1.807) is 19.1 Å². The van der Waals surface area contributed by atoms with Gasteiger partial charge in [-0.25, -0.2) is 4.79 Å². The van der Waals surface area contributed by atoms with Gasteiger partial charge >= 0.3 is 5.97 Å². The molecule has 1 aromatic heterocycles. The van der Waals surface area contributed by atoms with Crippen LogP contribution in [0.15, 0.2) is 29.7 Å². The second-order valence-corrected chi connectivity index (χ2v) is 3.70. The largest absolute Gasteiger partial charge is 0.460 e. The number of carbonyl (C=O) groups is 2. The van der Waals surface area contributed by atoms with Crippen LogP contribution in [0, 0.1) is 10.8 Å². The molecule has 0 aromatic carbocycles. The smallest absolute Gasteiger partial charge is 0.374 e. The number of pyridine rings is 1. The summed E-state index contributed by atoms with van der Waals surface area (Å²) in [5.41, 5.74) is 0.546. The van der Waals surface area contributed by atoms with Crippen LogP contribution in [-0.4, -0.2) is 23.3 Å². The Hall–Kier alpha value is -2.11. The van der Waals surface area contributed by atoms with E-state index < -0.39 is 23.7 Å². The molecule has 0 saturated heterocycles. The Morgan fingerprint density at radius 1 is 1.39 bits per heavy atom. The topological polar surface area (TPSA) is 85.7 Å². The first-order valence-electron chi connectivity index (χ1n) is 5.55. The molecule has 6 heteroatoms. The van der Waals surface area contributed by atoms with Crippen molar-refractivity contribution in [2.24, 2.45) is 11.1 Å². The minimum absolute atomic E-state index is 0.117. The first-order chi connectivity index (χ1) is 8.61. The normalized spacial score (nSPS) is 13.4. The van der Waals surface area contributed by atoms with Crippen molar-refractivity contribution in [1.82, 2.24) is 4.98 Å². The van der Waals surface area contributed by atoms with E-state index in [-0.39, 0.29) is 6.61 Å². The molecule has 1 heterocycles. The fourth-order valence-corrected chi connectivity index (χ4v) is 1.53. The van der Waals surface area contributed by atoms with E-state index in [9.17, 15) is 14.5 Å². The lowest BCUT2D eigenvalue weighted by atomic mass is 9.92. The van der Waals surface area contributed by atoms with Crippen LogP contribution in [-0.2, 0) is 14.3 Å². The maximum absolute atomic E-state index is 11.7. The van der Waals surface area contributed by atoms with Gasteiger partial charge in [-0.05, 0) is 24.6 Å². The molecule has 0 fully saturated rings. The number of esters is 1. The third kappa shape index (κ3) is 3.19. The molecule has 0 bridgehead atoms. The highest BCUT2D eigenvalue weighted by molar-refractivity contribution is 6.34. The molecule has 1 rings (SSSR count). The Morgan fingerprint density at radius 2 is 2.00 bits per heavy atom. The summed E-state index contributed by atoms with van der Waals surface area (Å²) in [5, 5.41) is 2.92. The van der Waals surface area contributed by atoms with Gasteiger partial charge in [0.05, 0.1) is 12.5 Å². The van der Waals surface area contributed by atoms with Gasteiger partial charge in [0.15, 0.2) is 0 Å². The third-order valence-corrected chi connectivity index (χ3v) is 2.52. The van der Waals surface area contributed by atoms with Crippen molar-refractivity contribution in [2.75, 3.05) is 6.61 Å². The molecule has 18 heavy (non-hydrogen) atoms. The van der Waals surface area contributed by atoms with Crippen LogP contribution >= 0.6 is 0 Å². The molecule has 96 valence electrons. The number of carbonyl (C=O) groups excluding carboxylic acids is 2. The van der Waals surface area contributed by atoms with E-state index in [0.29, 0.717) is 5.56 Å². The molecular weight excluding hydrogens is 236 g/mol. The quantitative estimate of drug-likeness (QED) is 0.435. The summed E-state index contributed by atoms with van der Waals surface area (Å²) in [6.07, 6.45) is 2.99. The number of hydrogen-bond donors (Lipinski definition) is 0. The van der Waals surface area contributed by atoms with Crippen LogP contribution in [0.1, 0.15) is 25.5 Å². The predicted molar refractivity (Wildman–Crippen MR) is 63.6 cm³/mol.